The summed E-state index contributed by atoms with van der Waals surface area (Å²) in [6, 6.07) is 4.76. The third-order valence-corrected chi connectivity index (χ3v) is 6.02. The van der Waals surface area contributed by atoms with E-state index in [2.05, 4.69) is 0 Å². The van der Waals surface area contributed by atoms with Crippen LogP contribution in [0.2, 0.25) is 0 Å². The molecule has 33 heavy (non-hydrogen) atoms. The van der Waals surface area contributed by atoms with Gasteiger partial charge in [0.1, 0.15) is 42.7 Å². The van der Waals surface area contributed by atoms with E-state index < -0.39 is 67.8 Å². The van der Waals surface area contributed by atoms with Crippen LogP contribution in [0.25, 0.3) is 0 Å². The van der Waals surface area contributed by atoms with Gasteiger partial charge in [0.05, 0.1) is 32.5 Å². The topological polar surface area (TPSA) is 199 Å². The Morgan fingerprint density at radius 3 is 2.36 bits per heavy atom. The Labute approximate surface area is 190 Å². The molecule has 1 saturated carbocycles. The number of hydrogen-bond donors (Lipinski definition) is 8. The van der Waals surface area contributed by atoms with Gasteiger partial charge in [0.2, 0.25) is 0 Å². The molecule has 1 aromatic rings. The third kappa shape index (κ3) is 5.74. The fraction of sp³-hybridized carbons (Fsp3) is 0.714. The van der Waals surface area contributed by atoms with Gasteiger partial charge in [0.25, 0.3) is 0 Å². The molecule has 10 atom stereocenters. The number of phenols is 1. The predicted molar refractivity (Wildman–Crippen MR) is 109 cm³/mol. The van der Waals surface area contributed by atoms with Gasteiger partial charge < -0.3 is 59.8 Å². The smallest absolute Gasteiger partial charge is 0.186 e. The van der Waals surface area contributed by atoms with Crippen molar-refractivity contribution >= 4 is 0 Å². The average molecular weight is 476 g/mol. The maximum atomic E-state index is 10.7. The summed E-state index contributed by atoms with van der Waals surface area (Å²) in [6.45, 7) is -0.549. The molecule has 0 spiro atoms. The minimum absolute atomic E-state index is 0.0133. The maximum absolute atomic E-state index is 10.7. The molecule has 8 N–H and O–H groups in total. The van der Waals surface area contributed by atoms with E-state index in [0.29, 0.717) is 12.2 Å². The summed E-state index contributed by atoms with van der Waals surface area (Å²) in [7, 11) is 1.42. The quantitative estimate of drug-likeness (QED) is 0.189. The lowest BCUT2D eigenvalue weighted by molar-refractivity contribution is -0.321. The monoisotopic (exact) mass is 476 g/mol. The van der Waals surface area contributed by atoms with Crippen LogP contribution in [0, 0.1) is 0 Å². The van der Waals surface area contributed by atoms with Crippen molar-refractivity contribution < 1.29 is 59.8 Å². The zero-order valence-electron chi connectivity index (χ0n) is 18.0. The molecule has 0 aromatic heterocycles. The van der Waals surface area contributed by atoms with E-state index in [0.717, 1.165) is 5.56 Å². The number of aliphatic hydroxyl groups excluding tert-OH is 7. The zero-order chi connectivity index (χ0) is 24.3. The van der Waals surface area contributed by atoms with Crippen LogP contribution < -0.4 is 4.74 Å². The summed E-state index contributed by atoms with van der Waals surface area (Å²) < 4.78 is 21.7. The number of benzene rings is 1. The Morgan fingerprint density at radius 1 is 0.970 bits per heavy atom. The Balaban J connectivity index is 1.64. The summed E-state index contributed by atoms with van der Waals surface area (Å²) in [6.07, 6.45) is -14.2. The second-order valence-electron chi connectivity index (χ2n) is 8.25. The van der Waals surface area contributed by atoms with Gasteiger partial charge in [-0.2, -0.15) is 0 Å². The van der Waals surface area contributed by atoms with Crippen LogP contribution in [0.5, 0.6) is 11.5 Å². The number of phenolic OH excluding ortho intramolecular Hbond substituents is 1. The van der Waals surface area contributed by atoms with E-state index in [9.17, 15) is 40.9 Å². The molecule has 0 amide bonds. The standard InChI is InChI=1S/C21H32O12/c1-30-12-6-9(2-3-10(12)23)4-5-31-21-19(29)20(17(27)14(8-22)33-21)32-13-7-11(24)15(25)18(28)16(13)26/h2-3,6,11,13-29H,4-5,7-8H2,1H3/t11-,13+,14-,15+,16+,17-,18-,19-,20+,21+/m1/s1. The first-order valence-electron chi connectivity index (χ1n) is 10.7. The Kier molecular flexibility index (Phi) is 8.86. The van der Waals surface area contributed by atoms with Crippen molar-refractivity contribution in [1.82, 2.24) is 0 Å². The molecular formula is C21H32O12. The predicted octanol–water partition coefficient (Wildman–Crippen LogP) is -3.00. The van der Waals surface area contributed by atoms with Crippen molar-refractivity contribution in [1.29, 1.82) is 0 Å². The molecule has 12 nitrogen and oxygen atoms in total. The minimum atomic E-state index is -1.68. The van der Waals surface area contributed by atoms with E-state index in [-0.39, 0.29) is 18.8 Å². The van der Waals surface area contributed by atoms with Crippen LogP contribution >= 0.6 is 0 Å². The molecule has 12 heteroatoms. The second-order valence-corrected chi connectivity index (χ2v) is 8.25. The van der Waals surface area contributed by atoms with Gasteiger partial charge in [0, 0.05) is 6.42 Å². The summed E-state index contributed by atoms with van der Waals surface area (Å²) in [5, 5.41) is 80.1. The van der Waals surface area contributed by atoms with Crippen LogP contribution in [0.1, 0.15) is 12.0 Å². The van der Waals surface area contributed by atoms with Crippen molar-refractivity contribution in [3.63, 3.8) is 0 Å². The van der Waals surface area contributed by atoms with Gasteiger partial charge in [0.15, 0.2) is 17.8 Å². The largest absolute Gasteiger partial charge is 0.504 e. The van der Waals surface area contributed by atoms with Gasteiger partial charge in [-0.15, -0.1) is 0 Å². The first-order valence-corrected chi connectivity index (χ1v) is 10.7. The molecule has 2 fully saturated rings. The average Bonchev–Trinajstić information content (AvgIpc) is 2.80. The first-order chi connectivity index (χ1) is 15.7. The minimum Gasteiger partial charge on any atom is -0.504 e. The van der Waals surface area contributed by atoms with Crippen LogP contribution in [0.15, 0.2) is 18.2 Å². The molecule has 1 aliphatic carbocycles. The van der Waals surface area contributed by atoms with Gasteiger partial charge in [-0.3, -0.25) is 0 Å². The van der Waals surface area contributed by atoms with Crippen LogP contribution in [0.3, 0.4) is 0 Å². The highest BCUT2D eigenvalue weighted by Crippen LogP contribution is 2.31. The summed E-state index contributed by atoms with van der Waals surface area (Å²) in [5.41, 5.74) is 0.772. The van der Waals surface area contributed by atoms with E-state index in [1.165, 1.54) is 13.2 Å². The third-order valence-electron chi connectivity index (χ3n) is 6.02. The number of hydrogen-bond acceptors (Lipinski definition) is 12. The molecule has 2 aliphatic rings. The van der Waals surface area contributed by atoms with Gasteiger partial charge in [-0.1, -0.05) is 6.07 Å². The number of aliphatic hydroxyl groups is 7. The van der Waals surface area contributed by atoms with Crippen molar-refractivity contribution in [2.75, 3.05) is 20.3 Å². The zero-order valence-corrected chi connectivity index (χ0v) is 18.0. The van der Waals surface area contributed by atoms with Crippen molar-refractivity contribution in [3.05, 3.63) is 23.8 Å². The van der Waals surface area contributed by atoms with Crippen molar-refractivity contribution in [2.24, 2.45) is 0 Å². The van der Waals surface area contributed by atoms with Crippen LogP contribution in [0.4, 0.5) is 0 Å². The van der Waals surface area contributed by atoms with Crippen molar-refractivity contribution in [3.8, 4) is 11.5 Å². The Bertz CT molecular complexity index is 763. The van der Waals surface area contributed by atoms with Gasteiger partial charge in [-0.25, -0.2) is 0 Å². The van der Waals surface area contributed by atoms with E-state index in [1.54, 1.807) is 12.1 Å². The molecule has 188 valence electrons. The Morgan fingerprint density at radius 2 is 1.70 bits per heavy atom. The summed E-state index contributed by atoms with van der Waals surface area (Å²) in [4.78, 5) is 0. The molecule has 0 unspecified atom stereocenters. The van der Waals surface area contributed by atoms with E-state index in [1.807, 2.05) is 0 Å². The molecule has 1 aliphatic heterocycles. The fourth-order valence-electron chi connectivity index (χ4n) is 4.03. The highest BCUT2D eigenvalue weighted by Gasteiger charge is 2.50. The highest BCUT2D eigenvalue weighted by molar-refractivity contribution is 5.41. The number of rotatable bonds is 8. The number of methoxy groups -OCH3 is 1. The highest BCUT2D eigenvalue weighted by atomic mass is 16.7. The molecule has 1 aromatic carbocycles. The number of aromatic hydroxyl groups is 1. The molecule has 0 radical (unpaired) electrons. The summed E-state index contributed by atoms with van der Waals surface area (Å²) >= 11 is 0. The maximum Gasteiger partial charge on any atom is 0.186 e. The lowest BCUT2D eigenvalue weighted by Crippen LogP contribution is -2.63. The van der Waals surface area contributed by atoms with Crippen molar-refractivity contribution in [2.45, 2.75) is 74.1 Å². The van der Waals surface area contributed by atoms with E-state index in [4.69, 9.17) is 18.9 Å². The molecule has 0 bridgehead atoms. The lowest BCUT2D eigenvalue weighted by Gasteiger charge is -2.45. The normalized spacial score (nSPS) is 39.4. The van der Waals surface area contributed by atoms with E-state index >= 15 is 0 Å². The van der Waals surface area contributed by atoms with Gasteiger partial charge >= 0.3 is 0 Å². The van der Waals surface area contributed by atoms with Gasteiger partial charge in [-0.05, 0) is 24.1 Å². The second kappa shape index (κ2) is 11.2. The lowest BCUT2D eigenvalue weighted by atomic mass is 9.86. The molecular weight excluding hydrogens is 444 g/mol. The first kappa shape index (κ1) is 26.0. The molecule has 1 saturated heterocycles. The number of ether oxygens (including phenoxy) is 4. The molecule has 1 heterocycles. The fourth-order valence-corrected chi connectivity index (χ4v) is 4.03. The SMILES string of the molecule is COc1cc(CCO[C@H]2O[C@H](CO)[C@@H](O)[C@H](O[C@H]3C[C@@H](O)[C@H](O)[C@@H](O)[C@H]3O)[C@H]2O)ccc1O. The molecule has 3 rings (SSSR count). The van der Waals surface area contributed by atoms with Crippen LogP contribution in [-0.2, 0) is 20.6 Å². The summed E-state index contributed by atoms with van der Waals surface area (Å²) in [5.74, 6) is 0.277. The van der Waals surface area contributed by atoms with Crippen LogP contribution in [-0.4, -0.2) is 122 Å². The Hall–Kier alpha value is -1.58.